The number of ketones is 1. The van der Waals surface area contributed by atoms with Crippen LogP contribution in [0.15, 0.2) is 87.3 Å². The molecule has 0 saturated heterocycles. The van der Waals surface area contributed by atoms with Crippen LogP contribution in [-0.4, -0.2) is 28.7 Å². The van der Waals surface area contributed by atoms with Crippen molar-refractivity contribution in [3.63, 3.8) is 0 Å². The van der Waals surface area contributed by atoms with Gasteiger partial charge in [-0.05, 0) is 48.9 Å². The number of aromatic nitrogens is 1. The van der Waals surface area contributed by atoms with E-state index in [9.17, 15) is 22.8 Å². The number of rotatable bonds is 7. The van der Waals surface area contributed by atoms with Crippen molar-refractivity contribution < 1.29 is 36.3 Å². The van der Waals surface area contributed by atoms with E-state index in [2.05, 4.69) is 14.8 Å². The molecule has 0 fully saturated rings. The third kappa shape index (κ3) is 5.01. The number of anilines is 1. The van der Waals surface area contributed by atoms with Gasteiger partial charge in [-0.15, -0.1) is 13.2 Å². The number of alkyl halides is 3. The number of amides is 1. The van der Waals surface area contributed by atoms with Gasteiger partial charge in [-0.3, -0.25) is 9.59 Å². The molecule has 5 rings (SSSR count). The average molecular weight is 509 g/mol. The topological polar surface area (TPSA) is 98.1 Å². The summed E-state index contributed by atoms with van der Waals surface area (Å²) in [5.74, 6) is -2.17. The predicted octanol–water partition coefficient (Wildman–Crippen LogP) is 5.65. The Balaban J connectivity index is 1.39. The van der Waals surface area contributed by atoms with Crippen LogP contribution in [-0.2, 0) is 16.0 Å². The van der Waals surface area contributed by atoms with Crippen LogP contribution >= 0.6 is 0 Å². The van der Waals surface area contributed by atoms with E-state index in [0.717, 1.165) is 16.6 Å². The molecule has 11 heteroatoms. The largest absolute Gasteiger partial charge is 0.573 e. The first-order valence-corrected chi connectivity index (χ1v) is 11.0. The normalized spacial score (nSPS) is 15.7. The highest BCUT2D eigenvalue weighted by molar-refractivity contribution is 6.27. The smallest absolute Gasteiger partial charge is 0.464 e. The third-order valence-corrected chi connectivity index (χ3v) is 5.66. The Labute approximate surface area is 208 Å². The first-order valence-electron chi connectivity index (χ1n) is 11.0. The highest BCUT2D eigenvalue weighted by atomic mass is 19.4. The Kier molecular flexibility index (Phi) is 6.12. The summed E-state index contributed by atoms with van der Waals surface area (Å²) in [6.07, 6.45) is -0.969. The molecule has 4 aromatic rings. The number of nitrogens with zero attached hydrogens (tertiary/aromatic N) is 3. The van der Waals surface area contributed by atoms with Gasteiger partial charge in [0.1, 0.15) is 23.7 Å². The van der Waals surface area contributed by atoms with Gasteiger partial charge in [0, 0.05) is 12.0 Å². The van der Waals surface area contributed by atoms with E-state index in [-0.39, 0.29) is 35.1 Å². The molecule has 37 heavy (non-hydrogen) atoms. The molecule has 8 nitrogen and oxygen atoms in total. The minimum absolute atomic E-state index is 0.0222. The molecule has 0 aliphatic carbocycles. The fourth-order valence-electron chi connectivity index (χ4n) is 4.09. The van der Waals surface area contributed by atoms with Crippen LogP contribution in [0.4, 0.5) is 18.9 Å². The standard InChI is InChI=1S/C26H18F3N3O5/c1-15-23(20(33)13-16-4-2-5-17(12-16)21-6-3-10-35-21)25(34)32(31-15)18-7-8-22(37-26(27,28)29)19(14-18)24-30-9-11-36-24/h2-12,14,23H,13H2,1H3. The van der Waals surface area contributed by atoms with Crippen molar-refractivity contribution in [2.45, 2.75) is 19.7 Å². The summed E-state index contributed by atoms with van der Waals surface area (Å²) in [6.45, 7) is 1.55. The summed E-state index contributed by atoms with van der Waals surface area (Å²) in [7, 11) is 0. The van der Waals surface area contributed by atoms with E-state index < -0.39 is 23.9 Å². The van der Waals surface area contributed by atoms with E-state index in [1.165, 1.54) is 24.6 Å². The molecule has 1 amide bonds. The zero-order valence-electron chi connectivity index (χ0n) is 19.2. The Morgan fingerprint density at radius 3 is 2.62 bits per heavy atom. The van der Waals surface area contributed by atoms with Gasteiger partial charge in [-0.2, -0.15) is 10.1 Å². The highest BCUT2D eigenvalue weighted by Gasteiger charge is 2.40. The van der Waals surface area contributed by atoms with E-state index >= 15 is 0 Å². The maximum absolute atomic E-state index is 13.2. The van der Waals surface area contributed by atoms with Crippen LogP contribution in [0.3, 0.4) is 0 Å². The molecule has 2 aromatic carbocycles. The van der Waals surface area contributed by atoms with Crippen LogP contribution in [0.1, 0.15) is 12.5 Å². The molecule has 0 radical (unpaired) electrons. The number of oxazole rings is 1. The minimum Gasteiger partial charge on any atom is -0.464 e. The molecular formula is C26H18F3N3O5. The van der Waals surface area contributed by atoms with Gasteiger partial charge < -0.3 is 13.6 Å². The van der Waals surface area contributed by atoms with Gasteiger partial charge in [0.15, 0.2) is 5.78 Å². The second kappa shape index (κ2) is 9.41. The van der Waals surface area contributed by atoms with Crippen LogP contribution in [0.5, 0.6) is 5.75 Å². The first kappa shape index (κ1) is 24.0. The molecule has 188 valence electrons. The monoisotopic (exact) mass is 509 g/mol. The lowest BCUT2D eigenvalue weighted by Crippen LogP contribution is -2.33. The van der Waals surface area contributed by atoms with Crippen molar-refractivity contribution in [2.75, 3.05) is 5.01 Å². The number of carbonyl (C=O) groups is 2. The molecular weight excluding hydrogens is 491 g/mol. The lowest BCUT2D eigenvalue weighted by Gasteiger charge is -2.17. The van der Waals surface area contributed by atoms with Gasteiger partial charge in [0.05, 0.1) is 29.4 Å². The third-order valence-electron chi connectivity index (χ3n) is 5.66. The van der Waals surface area contributed by atoms with Gasteiger partial charge in [0.25, 0.3) is 5.91 Å². The van der Waals surface area contributed by atoms with Crippen molar-refractivity contribution in [2.24, 2.45) is 11.0 Å². The number of hydrazone groups is 1. The summed E-state index contributed by atoms with van der Waals surface area (Å²) < 4.78 is 53.3. The number of Topliss-reactive ketones (excluding diaryl/α,β-unsaturated/α-hetero) is 1. The second-order valence-corrected chi connectivity index (χ2v) is 8.21. The average Bonchev–Trinajstić information content (AvgIpc) is 3.61. The van der Waals surface area contributed by atoms with Gasteiger partial charge in [0.2, 0.25) is 5.89 Å². The zero-order chi connectivity index (χ0) is 26.2. The molecule has 1 aliphatic heterocycles. The zero-order valence-corrected chi connectivity index (χ0v) is 19.2. The second-order valence-electron chi connectivity index (χ2n) is 8.21. The molecule has 0 bridgehead atoms. The molecule has 1 unspecified atom stereocenters. The molecule has 1 atom stereocenters. The van der Waals surface area contributed by atoms with Gasteiger partial charge in [-0.25, -0.2) is 4.98 Å². The first-order chi connectivity index (χ1) is 17.7. The Hall–Kier alpha value is -4.67. The highest BCUT2D eigenvalue weighted by Crippen LogP contribution is 2.37. The SMILES string of the molecule is CC1=NN(c2ccc(OC(F)(F)F)c(-c3ncco3)c2)C(=O)C1C(=O)Cc1cccc(-c2ccco2)c1. The number of benzene rings is 2. The summed E-state index contributed by atoms with van der Waals surface area (Å²) in [6, 6.07) is 14.3. The van der Waals surface area contributed by atoms with E-state index in [0.29, 0.717) is 11.3 Å². The van der Waals surface area contributed by atoms with Crippen molar-refractivity contribution in [1.29, 1.82) is 0 Å². The molecule has 0 saturated carbocycles. The fraction of sp³-hybridized carbons (Fsp3) is 0.154. The minimum atomic E-state index is -4.95. The van der Waals surface area contributed by atoms with E-state index in [4.69, 9.17) is 8.83 Å². The van der Waals surface area contributed by atoms with Crippen LogP contribution in [0.25, 0.3) is 22.8 Å². The van der Waals surface area contributed by atoms with Crippen molar-refractivity contribution in [1.82, 2.24) is 4.98 Å². The van der Waals surface area contributed by atoms with Crippen molar-refractivity contribution in [3.8, 4) is 28.5 Å². The Bertz CT molecular complexity index is 1480. The summed E-state index contributed by atoms with van der Waals surface area (Å²) in [5, 5.41) is 5.21. The Morgan fingerprint density at radius 1 is 1.08 bits per heavy atom. The van der Waals surface area contributed by atoms with Gasteiger partial charge in [-0.1, -0.05) is 18.2 Å². The maximum atomic E-state index is 13.2. The number of furan rings is 1. The lowest BCUT2D eigenvalue weighted by molar-refractivity contribution is -0.274. The number of ether oxygens (including phenoxy) is 1. The molecule has 0 spiro atoms. The summed E-state index contributed by atoms with van der Waals surface area (Å²) in [5.41, 5.74) is 1.75. The van der Waals surface area contributed by atoms with Crippen LogP contribution in [0, 0.1) is 5.92 Å². The molecule has 1 aliphatic rings. The van der Waals surface area contributed by atoms with E-state index in [1.54, 1.807) is 37.5 Å². The number of halogens is 3. The predicted molar refractivity (Wildman–Crippen MR) is 126 cm³/mol. The van der Waals surface area contributed by atoms with Crippen LogP contribution < -0.4 is 9.75 Å². The summed E-state index contributed by atoms with van der Waals surface area (Å²) >= 11 is 0. The lowest BCUT2D eigenvalue weighted by atomic mass is 9.93. The summed E-state index contributed by atoms with van der Waals surface area (Å²) in [4.78, 5) is 30.3. The Morgan fingerprint density at radius 2 is 1.92 bits per heavy atom. The maximum Gasteiger partial charge on any atom is 0.573 e. The van der Waals surface area contributed by atoms with Crippen molar-refractivity contribution >= 4 is 23.1 Å². The van der Waals surface area contributed by atoms with Gasteiger partial charge >= 0.3 is 6.36 Å². The molecule has 2 aromatic heterocycles. The number of hydrogen-bond acceptors (Lipinski definition) is 7. The van der Waals surface area contributed by atoms with Crippen LogP contribution in [0.2, 0.25) is 0 Å². The number of carbonyl (C=O) groups excluding carboxylic acids is 2. The van der Waals surface area contributed by atoms with E-state index in [1.807, 2.05) is 12.1 Å². The fourth-order valence-corrected chi connectivity index (χ4v) is 4.09. The molecule has 3 heterocycles. The quantitative estimate of drug-likeness (QED) is 0.299. The molecule has 0 N–H and O–H groups in total. The number of hydrogen-bond donors (Lipinski definition) is 0. The van der Waals surface area contributed by atoms with Crippen molar-refractivity contribution in [3.05, 3.63) is 78.9 Å².